The van der Waals surface area contributed by atoms with E-state index in [-0.39, 0.29) is 6.04 Å². The summed E-state index contributed by atoms with van der Waals surface area (Å²) in [4.78, 5) is 10.9. The summed E-state index contributed by atoms with van der Waals surface area (Å²) in [7, 11) is 0. The average Bonchev–Trinajstić information content (AvgIpc) is 2.58. The lowest BCUT2D eigenvalue weighted by molar-refractivity contribution is -0.110. The molecular formula is C16H15NO. The van der Waals surface area contributed by atoms with E-state index in [0.717, 1.165) is 19.3 Å². The first-order valence-corrected chi connectivity index (χ1v) is 6.25. The highest BCUT2D eigenvalue weighted by Gasteiger charge is 2.22. The van der Waals surface area contributed by atoms with Gasteiger partial charge in [0.25, 0.3) is 0 Å². The number of rotatable bonds is 2. The van der Waals surface area contributed by atoms with Gasteiger partial charge in [-0.15, -0.1) is 0 Å². The van der Waals surface area contributed by atoms with E-state index in [0.29, 0.717) is 0 Å². The first kappa shape index (κ1) is 11.0. The number of amides is 1. The molecule has 18 heavy (non-hydrogen) atoms. The molecule has 0 heterocycles. The highest BCUT2D eigenvalue weighted by atomic mass is 16.1. The number of aryl methyl sites for hydroxylation is 2. The van der Waals surface area contributed by atoms with Crippen molar-refractivity contribution in [3.8, 4) is 0 Å². The molecule has 3 rings (SSSR count). The molecule has 0 saturated heterocycles. The van der Waals surface area contributed by atoms with Crippen LogP contribution in [0.3, 0.4) is 0 Å². The molecule has 2 aromatic rings. The molecule has 1 amide bonds. The fourth-order valence-electron chi connectivity index (χ4n) is 2.77. The minimum Gasteiger partial charge on any atom is -0.348 e. The van der Waals surface area contributed by atoms with E-state index in [2.05, 4.69) is 41.7 Å². The number of nitrogens with one attached hydrogen (secondary N) is 1. The first-order valence-electron chi connectivity index (χ1n) is 6.25. The zero-order valence-corrected chi connectivity index (χ0v) is 10.1. The Hall–Kier alpha value is -2.09. The van der Waals surface area contributed by atoms with Crippen LogP contribution < -0.4 is 5.32 Å². The van der Waals surface area contributed by atoms with Gasteiger partial charge in [0, 0.05) is 0 Å². The quantitative estimate of drug-likeness (QED) is 0.799. The lowest BCUT2D eigenvalue weighted by Gasteiger charge is -2.19. The fraction of sp³-hybridized carbons (Fsp3) is 0.188. The molecule has 0 saturated carbocycles. The zero-order valence-electron chi connectivity index (χ0n) is 10.1. The highest BCUT2D eigenvalue weighted by molar-refractivity contribution is 5.53. The van der Waals surface area contributed by atoms with Crippen LogP contribution in [0.4, 0.5) is 0 Å². The number of fused-ring (bicyclic) bond motifs is 2. The molecule has 1 aliphatic carbocycles. The summed E-state index contributed by atoms with van der Waals surface area (Å²) in [5.74, 6) is 0. The van der Waals surface area contributed by atoms with E-state index >= 15 is 0 Å². The second-order valence-corrected chi connectivity index (χ2v) is 4.62. The molecule has 0 radical (unpaired) electrons. The molecule has 2 aromatic carbocycles. The summed E-state index contributed by atoms with van der Waals surface area (Å²) < 4.78 is 0. The second kappa shape index (κ2) is 4.65. The second-order valence-electron chi connectivity index (χ2n) is 4.62. The zero-order chi connectivity index (χ0) is 12.4. The standard InChI is InChI=1S/C16H15NO/c18-11-17-16-14-7-3-1-5-12(14)9-10-13-6-2-4-8-15(13)16/h1-8,11,16H,9-10H2,(H,17,18). The van der Waals surface area contributed by atoms with Gasteiger partial charge in [0.15, 0.2) is 0 Å². The largest absolute Gasteiger partial charge is 0.348 e. The Balaban J connectivity index is 2.17. The van der Waals surface area contributed by atoms with Crippen molar-refractivity contribution in [2.45, 2.75) is 18.9 Å². The van der Waals surface area contributed by atoms with Gasteiger partial charge in [0.1, 0.15) is 0 Å². The van der Waals surface area contributed by atoms with Crippen LogP contribution >= 0.6 is 0 Å². The van der Waals surface area contributed by atoms with Crippen molar-refractivity contribution in [3.63, 3.8) is 0 Å². The van der Waals surface area contributed by atoms with Gasteiger partial charge in [-0.05, 0) is 35.1 Å². The van der Waals surface area contributed by atoms with E-state index in [1.807, 2.05) is 12.1 Å². The number of benzene rings is 2. The van der Waals surface area contributed by atoms with Gasteiger partial charge in [-0.3, -0.25) is 4.79 Å². The van der Waals surface area contributed by atoms with Crippen molar-refractivity contribution >= 4 is 6.41 Å². The van der Waals surface area contributed by atoms with Crippen LogP contribution in [0.2, 0.25) is 0 Å². The Morgan fingerprint density at radius 2 is 1.39 bits per heavy atom. The Bertz CT molecular complexity index is 529. The van der Waals surface area contributed by atoms with Crippen LogP contribution in [0.1, 0.15) is 28.3 Å². The Morgan fingerprint density at radius 1 is 0.889 bits per heavy atom. The summed E-state index contributed by atoms with van der Waals surface area (Å²) in [5, 5.41) is 2.96. The Kier molecular flexibility index (Phi) is 2.85. The lowest BCUT2D eigenvalue weighted by Crippen LogP contribution is -2.21. The topological polar surface area (TPSA) is 29.1 Å². The monoisotopic (exact) mass is 237 g/mol. The highest BCUT2D eigenvalue weighted by Crippen LogP contribution is 2.31. The Labute approximate surface area is 107 Å². The summed E-state index contributed by atoms with van der Waals surface area (Å²) in [5.41, 5.74) is 5.09. The van der Waals surface area contributed by atoms with Gasteiger partial charge in [-0.1, -0.05) is 48.5 Å². The molecule has 1 aliphatic rings. The molecule has 0 aliphatic heterocycles. The van der Waals surface area contributed by atoms with Crippen molar-refractivity contribution < 1.29 is 4.79 Å². The Morgan fingerprint density at radius 3 is 1.89 bits per heavy atom. The lowest BCUT2D eigenvalue weighted by atomic mass is 9.95. The normalized spacial score (nSPS) is 14.2. The van der Waals surface area contributed by atoms with Crippen molar-refractivity contribution in [1.82, 2.24) is 5.32 Å². The van der Waals surface area contributed by atoms with Gasteiger partial charge in [-0.2, -0.15) is 0 Å². The molecule has 0 unspecified atom stereocenters. The van der Waals surface area contributed by atoms with Crippen LogP contribution in [0.5, 0.6) is 0 Å². The number of hydrogen-bond donors (Lipinski definition) is 1. The smallest absolute Gasteiger partial charge is 0.207 e. The van der Waals surface area contributed by atoms with Crippen LogP contribution in [-0.4, -0.2) is 6.41 Å². The molecule has 90 valence electrons. The van der Waals surface area contributed by atoms with Crippen molar-refractivity contribution in [2.24, 2.45) is 0 Å². The summed E-state index contributed by atoms with van der Waals surface area (Å²) in [6.45, 7) is 0. The van der Waals surface area contributed by atoms with E-state index in [9.17, 15) is 4.79 Å². The van der Waals surface area contributed by atoms with Crippen LogP contribution in [-0.2, 0) is 17.6 Å². The summed E-state index contributed by atoms with van der Waals surface area (Å²) >= 11 is 0. The summed E-state index contributed by atoms with van der Waals surface area (Å²) in [6, 6.07) is 16.7. The summed E-state index contributed by atoms with van der Waals surface area (Å²) in [6.07, 6.45) is 2.86. The van der Waals surface area contributed by atoms with E-state index in [1.165, 1.54) is 22.3 Å². The van der Waals surface area contributed by atoms with Crippen LogP contribution in [0.25, 0.3) is 0 Å². The molecule has 1 N–H and O–H groups in total. The molecule has 0 atom stereocenters. The van der Waals surface area contributed by atoms with E-state index in [4.69, 9.17) is 0 Å². The van der Waals surface area contributed by atoms with Crippen LogP contribution in [0.15, 0.2) is 48.5 Å². The maximum Gasteiger partial charge on any atom is 0.207 e. The van der Waals surface area contributed by atoms with Gasteiger partial charge in [-0.25, -0.2) is 0 Å². The molecule has 2 heteroatoms. The molecule has 0 spiro atoms. The molecule has 0 bridgehead atoms. The van der Waals surface area contributed by atoms with Gasteiger partial charge >= 0.3 is 0 Å². The van der Waals surface area contributed by atoms with Gasteiger partial charge in [0.2, 0.25) is 6.41 Å². The first-order chi connectivity index (χ1) is 8.90. The third-order valence-corrected chi connectivity index (χ3v) is 3.63. The average molecular weight is 237 g/mol. The fourth-order valence-corrected chi connectivity index (χ4v) is 2.77. The minimum absolute atomic E-state index is 0.0163. The molecule has 0 aromatic heterocycles. The molecule has 0 fully saturated rings. The SMILES string of the molecule is O=CNC1c2ccccc2CCc2ccccc21. The predicted molar refractivity (Wildman–Crippen MR) is 71.3 cm³/mol. The predicted octanol–water partition coefficient (Wildman–Crippen LogP) is 2.62. The van der Waals surface area contributed by atoms with Gasteiger partial charge in [0.05, 0.1) is 6.04 Å². The van der Waals surface area contributed by atoms with Crippen LogP contribution in [0, 0.1) is 0 Å². The van der Waals surface area contributed by atoms with Crippen molar-refractivity contribution in [1.29, 1.82) is 0 Å². The maximum absolute atomic E-state index is 10.9. The van der Waals surface area contributed by atoms with Crippen molar-refractivity contribution in [2.75, 3.05) is 0 Å². The third kappa shape index (κ3) is 1.80. The molecule has 2 nitrogen and oxygen atoms in total. The van der Waals surface area contributed by atoms with E-state index in [1.54, 1.807) is 0 Å². The minimum atomic E-state index is -0.0163. The van der Waals surface area contributed by atoms with Crippen molar-refractivity contribution in [3.05, 3.63) is 70.8 Å². The number of carbonyl (C=O) groups excluding carboxylic acids is 1. The van der Waals surface area contributed by atoms with Gasteiger partial charge < -0.3 is 5.32 Å². The molecular weight excluding hydrogens is 222 g/mol. The number of carbonyl (C=O) groups is 1. The van der Waals surface area contributed by atoms with E-state index < -0.39 is 0 Å². The maximum atomic E-state index is 10.9. The third-order valence-electron chi connectivity index (χ3n) is 3.63. The number of hydrogen-bond acceptors (Lipinski definition) is 1.